The molecule has 0 N–H and O–H groups in total. The Hall–Kier alpha value is -2.03. The molecule has 1 aromatic carbocycles. The van der Waals surface area contributed by atoms with E-state index in [2.05, 4.69) is 6.58 Å². The Kier molecular flexibility index (Phi) is 5.71. The normalized spacial score (nSPS) is 9.44. The van der Waals surface area contributed by atoms with Gasteiger partial charge in [0.15, 0.2) is 6.29 Å². The Morgan fingerprint density at radius 1 is 1.28 bits per heavy atom. The van der Waals surface area contributed by atoms with Crippen LogP contribution in [0.1, 0.15) is 24.2 Å². The minimum Gasteiger partial charge on any atom is -0.489 e. The molecule has 0 atom stereocenters. The maximum Gasteiger partial charge on any atom is 0.153 e. The topological polar surface area (TPSA) is 35.5 Å². The molecule has 3 nitrogen and oxygen atoms in total. The van der Waals surface area contributed by atoms with Crippen molar-refractivity contribution in [2.75, 3.05) is 13.2 Å². The van der Waals surface area contributed by atoms with Gasteiger partial charge in [0.1, 0.15) is 24.7 Å². The smallest absolute Gasteiger partial charge is 0.153 e. The first kappa shape index (κ1) is 14.0. The van der Waals surface area contributed by atoms with Crippen LogP contribution in [0.15, 0.2) is 42.5 Å². The quantitative estimate of drug-likeness (QED) is 0.546. The molecule has 0 unspecified atom stereocenters. The summed E-state index contributed by atoms with van der Waals surface area (Å²) in [4.78, 5) is 10.9. The van der Waals surface area contributed by atoms with Crippen LogP contribution in [0.2, 0.25) is 0 Å². The summed E-state index contributed by atoms with van der Waals surface area (Å²) in [5.74, 6) is 1.19. The van der Waals surface area contributed by atoms with E-state index in [1.807, 2.05) is 19.9 Å². The molecule has 0 aliphatic carbocycles. The lowest BCUT2D eigenvalue weighted by Gasteiger charge is -2.09. The van der Waals surface area contributed by atoms with E-state index >= 15 is 0 Å². The van der Waals surface area contributed by atoms with E-state index in [1.165, 1.54) is 5.57 Å². The molecule has 0 saturated carbocycles. The standard InChI is InChI=1S/C15H18O3/c1-4-8-17-14-6-5-13(11-16)15(10-14)18-9-7-12(2)3/h4-7,10-11H,1,8-9H2,2-3H3. The highest BCUT2D eigenvalue weighted by Crippen LogP contribution is 2.24. The monoisotopic (exact) mass is 246 g/mol. The van der Waals surface area contributed by atoms with Gasteiger partial charge in [-0.1, -0.05) is 18.2 Å². The van der Waals surface area contributed by atoms with E-state index in [0.29, 0.717) is 30.3 Å². The molecule has 0 spiro atoms. The molecule has 0 heterocycles. The van der Waals surface area contributed by atoms with E-state index in [-0.39, 0.29) is 0 Å². The number of allylic oxidation sites excluding steroid dienone is 1. The van der Waals surface area contributed by atoms with E-state index in [9.17, 15) is 4.79 Å². The van der Waals surface area contributed by atoms with Crippen LogP contribution in [0.25, 0.3) is 0 Å². The van der Waals surface area contributed by atoms with Crippen molar-refractivity contribution < 1.29 is 14.3 Å². The first-order chi connectivity index (χ1) is 8.67. The van der Waals surface area contributed by atoms with Crippen LogP contribution in [0.4, 0.5) is 0 Å². The zero-order valence-corrected chi connectivity index (χ0v) is 10.8. The van der Waals surface area contributed by atoms with Gasteiger partial charge in [0.2, 0.25) is 0 Å². The Labute approximate surface area is 108 Å². The number of benzene rings is 1. The molecule has 0 bridgehead atoms. The summed E-state index contributed by atoms with van der Waals surface area (Å²) in [5.41, 5.74) is 1.69. The van der Waals surface area contributed by atoms with Crippen molar-refractivity contribution in [3.05, 3.63) is 48.1 Å². The number of ether oxygens (including phenoxy) is 2. The number of carbonyl (C=O) groups excluding carboxylic acids is 1. The molecule has 0 aliphatic rings. The third-order valence-electron chi connectivity index (χ3n) is 2.21. The van der Waals surface area contributed by atoms with E-state index in [1.54, 1.807) is 24.3 Å². The third-order valence-corrected chi connectivity index (χ3v) is 2.21. The Morgan fingerprint density at radius 3 is 2.67 bits per heavy atom. The summed E-state index contributed by atoms with van der Waals surface area (Å²) in [6.45, 7) is 8.43. The van der Waals surface area contributed by atoms with Gasteiger partial charge >= 0.3 is 0 Å². The second-order valence-electron chi connectivity index (χ2n) is 4.01. The summed E-state index contributed by atoms with van der Waals surface area (Å²) >= 11 is 0. The highest BCUT2D eigenvalue weighted by atomic mass is 16.5. The molecule has 1 aromatic rings. The van der Waals surface area contributed by atoms with E-state index < -0.39 is 0 Å². The molecule has 96 valence electrons. The van der Waals surface area contributed by atoms with Crippen molar-refractivity contribution in [2.45, 2.75) is 13.8 Å². The number of carbonyl (C=O) groups is 1. The third kappa shape index (κ3) is 4.45. The van der Waals surface area contributed by atoms with Crippen molar-refractivity contribution in [3.63, 3.8) is 0 Å². The van der Waals surface area contributed by atoms with Gasteiger partial charge in [-0.25, -0.2) is 0 Å². The molecule has 0 radical (unpaired) electrons. The number of hydrogen-bond acceptors (Lipinski definition) is 3. The molecular weight excluding hydrogens is 228 g/mol. The van der Waals surface area contributed by atoms with Crippen LogP contribution in [-0.4, -0.2) is 19.5 Å². The average molecular weight is 246 g/mol. The van der Waals surface area contributed by atoms with Crippen LogP contribution in [0, 0.1) is 0 Å². The summed E-state index contributed by atoms with van der Waals surface area (Å²) in [7, 11) is 0. The first-order valence-electron chi connectivity index (χ1n) is 5.76. The first-order valence-corrected chi connectivity index (χ1v) is 5.76. The maximum atomic E-state index is 10.9. The van der Waals surface area contributed by atoms with Crippen LogP contribution >= 0.6 is 0 Å². The molecule has 1 rings (SSSR count). The highest BCUT2D eigenvalue weighted by molar-refractivity contribution is 5.79. The Morgan fingerprint density at radius 2 is 2.06 bits per heavy atom. The molecule has 0 saturated heterocycles. The molecule has 0 aromatic heterocycles. The minimum atomic E-state index is 0.424. The fraction of sp³-hybridized carbons (Fsp3) is 0.267. The molecule has 0 fully saturated rings. The average Bonchev–Trinajstić information content (AvgIpc) is 2.36. The summed E-state index contributed by atoms with van der Waals surface area (Å²) < 4.78 is 10.9. The van der Waals surface area contributed by atoms with Crippen molar-refractivity contribution in [1.82, 2.24) is 0 Å². The Balaban J connectivity index is 2.81. The fourth-order valence-electron chi connectivity index (χ4n) is 1.28. The highest BCUT2D eigenvalue weighted by Gasteiger charge is 2.04. The number of rotatable bonds is 7. The number of hydrogen-bond donors (Lipinski definition) is 0. The Bertz CT molecular complexity index is 443. The van der Waals surface area contributed by atoms with Gasteiger partial charge in [0, 0.05) is 6.07 Å². The van der Waals surface area contributed by atoms with Gasteiger partial charge < -0.3 is 9.47 Å². The van der Waals surface area contributed by atoms with Crippen molar-refractivity contribution in [2.24, 2.45) is 0 Å². The van der Waals surface area contributed by atoms with Gasteiger partial charge in [-0.3, -0.25) is 4.79 Å². The second-order valence-corrected chi connectivity index (χ2v) is 4.01. The zero-order chi connectivity index (χ0) is 13.4. The van der Waals surface area contributed by atoms with Gasteiger partial charge in [-0.05, 0) is 32.1 Å². The summed E-state index contributed by atoms with van der Waals surface area (Å²) in [6.07, 6.45) is 4.39. The van der Waals surface area contributed by atoms with Gasteiger partial charge in [-0.2, -0.15) is 0 Å². The van der Waals surface area contributed by atoms with Crippen LogP contribution in [0.3, 0.4) is 0 Å². The zero-order valence-electron chi connectivity index (χ0n) is 10.8. The molecule has 3 heteroatoms. The second kappa shape index (κ2) is 7.33. The largest absolute Gasteiger partial charge is 0.489 e. The van der Waals surface area contributed by atoms with Crippen molar-refractivity contribution in [1.29, 1.82) is 0 Å². The molecular formula is C15H18O3. The SMILES string of the molecule is C=CCOc1ccc(C=O)c(OCC=C(C)C)c1. The van der Waals surface area contributed by atoms with Crippen LogP contribution in [-0.2, 0) is 0 Å². The maximum absolute atomic E-state index is 10.9. The van der Waals surface area contributed by atoms with E-state index in [0.717, 1.165) is 6.29 Å². The van der Waals surface area contributed by atoms with Gasteiger partial charge in [0.05, 0.1) is 5.56 Å². The van der Waals surface area contributed by atoms with E-state index in [4.69, 9.17) is 9.47 Å². The lowest BCUT2D eigenvalue weighted by molar-refractivity contribution is 0.112. The van der Waals surface area contributed by atoms with Gasteiger partial charge in [-0.15, -0.1) is 0 Å². The van der Waals surface area contributed by atoms with Crippen LogP contribution < -0.4 is 9.47 Å². The lowest BCUT2D eigenvalue weighted by Crippen LogP contribution is -1.99. The molecule has 0 aliphatic heterocycles. The van der Waals surface area contributed by atoms with Crippen molar-refractivity contribution >= 4 is 6.29 Å². The predicted octanol–water partition coefficient (Wildman–Crippen LogP) is 3.41. The molecule has 0 amide bonds. The summed E-state index contributed by atoms with van der Waals surface area (Å²) in [5, 5.41) is 0. The molecule has 18 heavy (non-hydrogen) atoms. The van der Waals surface area contributed by atoms with Gasteiger partial charge in [0.25, 0.3) is 0 Å². The van der Waals surface area contributed by atoms with Crippen molar-refractivity contribution in [3.8, 4) is 11.5 Å². The number of aldehydes is 1. The fourth-order valence-corrected chi connectivity index (χ4v) is 1.28. The minimum absolute atomic E-state index is 0.424. The lowest BCUT2D eigenvalue weighted by atomic mass is 10.2. The van der Waals surface area contributed by atoms with Crippen LogP contribution in [0.5, 0.6) is 11.5 Å². The predicted molar refractivity (Wildman–Crippen MR) is 72.4 cm³/mol. The summed E-state index contributed by atoms with van der Waals surface area (Å²) in [6, 6.07) is 5.14.